The summed E-state index contributed by atoms with van der Waals surface area (Å²) >= 11 is 0. The minimum Gasteiger partial charge on any atom is -0.307 e. The summed E-state index contributed by atoms with van der Waals surface area (Å²) in [7, 11) is 0. The summed E-state index contributed by atoms with van der Waals surface area (Å²) < 4.78 is 0. The van der Waals surface area contributed by atoms with Crippen molar-refractivity contribution in [1.82, 2.24) is 0 Å². The first-order chi connectivity index (χ1) is 21.1. The Hall–Kier alpha value is -2.93. The highest BCUT2D eigenvalue weighted by molar-refractivity contribution is 5.59. The molecule has 3 rings (SSSR count). The molecule has 1 aliphatic carbocycles. The zero-order valence-electron chi connectivity index (χ0n) is 30.4. The Morgan fingerprint density at radius 1 is 0.932 bits per heavy atom. The van der Waals surface area contributed by atoms with Crippen LogP contribution in [0.5, 0.6) is 0 Å². The van der Waals surface area contributed by atoms with Gasteiger partial charge in [-0.05, 0) is 91.0 Å². The lowest BCUT2D eigenvalue weighted by Crippen LogP contribution is -2.20. The van der Waals surface area contributed by atoms with Gasteiger partial charge in [0.15, 0.2) is 0 Å². The van der Waals surface area contributed by atoms with Crippen LogP contribution in [0.15, 0.2) is 85.5 Å². The average Bonchev–Trinajstić information content (AvgIpc) is 3.04. The maximum absolute atomic E-state index is 8.00. The Bertz CT molecular complexity index is 1070. The van der Waals surface area contributed by atoms with E-state index in [0.29, 0.717) is 11.8 Å². The van der Waals surface area contributed by atoms with Crippen molar-refractivity contribution in [2.24, 2.45) is 17.8 Å². The molecule has 1 saturated carbocycles. The smallest absolute Gasteiger partial charge is 0.106 e. The molecular weight excluding hydrogens is 532 g/mol. The molecule has 0 amide bonds. The Labute approximate surface area is 274 Å². The average molecular weight is 601 g/mol. The molecule has 2 aromatic carbocycles. The van der Waals surface area contributed by atoms with Crippen LogP contribution in [0.25, 0.3) is 6.08 Å². The Morgan fingerprint density at radius 2 is 1.52 bits per heavy atom. The van der Waals surface area contributed by atoms with Gasteiger partial charge >= 0.3 is 0 Å². The van der Waals surface area contributed by atoms with Gasteiger partial charge in [0.1, 0.15) is 6.79 Å². The molecule has 0 spiro atoms. The van der Waals surface area contributed by atoms with Crippen molar-refractivity contribution >= 4 is 12.9 Å². The van der Waals surface area contributed by atoms with Crippen LogP contribution in [0.1, 0.15) is 135 Å². The second-order valence-electron chi connectivity index (χ2n) is 12.2. The lowest BCUT2D eigenvalue weighted by atomic mass is 9.74. The van der Waals surface area contributed by atoms with Crippen LogP contribution >= 0.6 is 0 Å². The largest absolute Gasteiger partial charge is 0.307 e. The molecule has 0 heterocycles. The van der Waals surface area contributed by atoms with Gasteiger partial charge in [0.25, 0.3) is 0 Å². The Balaban J connectivity index is 0. The highest BCUT2D eigenvalue weighted by Gasteiger charge is 2.24. The van der Waals surface area contributed by atoms with E-state index in [2.05, 4.69) is 149 Å². The third-order valence-corrected chi connectivity index (χ3v) is 7.80. The zero-order chi connectivity index (χ0) is 33.9. The van der Waals surface area contributed by atoms with E-state index in [1.54, 1.807) is 0 Å². The monoisotopic (exact) mass is 601 g/mol. The number of carbonyl (C=O) groups excluding carboxylic acids is 1. The predicted octanol–water partition coefficient (Wildman–Crippen LogP) is 13.3. The van der Waals surface area contributed by atoms with Gasteiger partial charge in [-0.25, -0.2) is 0 Å². The van der Waals surface area contributed by atoms with E-state index >= 15 is 0 Å². The molecule has 0 N–H and O–H groups in total. The van der Waals surface area contributed by atoms with E-state index in [9.17, 15) is 0 Å². The fourth-order valence-corrected chi connectivity index (χ4v) is 5.25. The molecule has 0 saturated heterocycles. The lowest BCUT2D eigenvalue weighted by Gasteiger charge is -2.32. The van der Waals surface area contributed by atoms with Gasteiger partial charge in [-0.1, -0.05) is 166 Å². The summed E-state index contributed by atoms with van der Waals surface area (Å²) in [4.78, 5) is 8.00. The molecule has 0 aromatic heterocycles. The molecule has 1 nitrogen and oxygen atoms in total. The van der Waals surface area contributed by atoms with Gasteiger partial charge in [0, 0.05) is 0 Å². The van der Waals surface area contributed by atoms with E-state index < -0.39 is 0 Å². The van der Waals surface area contributed by atoms with E-state index in [0.717, 1.165) is 24.7 Å². The standard InChI is InChI=1S/C22H32.C14H18.2C3H8.CH2O/c1-5-19-10-7-12-20(15-19)11-6-9-18(4)22-14-8-13-21(16-22)17(2)3;1-5-8-13-12(4)9-7-10-14(13)11(3)6-2;2*1-3-2;1-2/h6-7,9-10,12,15,17,21-22H,4-5,8,11,13-14,16H2,1-3H3;5-11H,2H2,1,3-4H3;2*3H2,1-2H3;1H2/b9-6-;8-5-;;;. The molecule has 0 aliphatic heterocycles. The molecule has 2 aromatic rings. The molecule has 44 heavy (non-hydrogen) atoms. The summed E-state index contributed by atoms with van der Waals surface area (Å²) in [5.41, 5.74) is 8.20. The van der Waals surface area contributed by atoms with E-state index in [4.69, 9.17) is 4.79 Å². The van der Waals surface area contributed by atoms with E-state index in [1.807, 2.05) is 12.9 Å². The third-order valence-electron chi connectivity index (χ3n) is 7.80. The number of rotatable bonds is 9. The summed E-state index contributed by atoms with van der Waals surface area (Å²) in [5, 5.41) is 0. The molecule has 0 radical (unpaired) electrons. The van der Waals surface area contributed by atoms with Crippen molar-refractivity contribution in [1.29, 1.82) is 0 Å². The third kappa shape index (κ3) is 18.0. The first-order valence-corrected chi connectivity index (χ1v) is 17.2. The second-order valence-corrected chi connectivity index (χ2v) is 12.2. The first kappa shape index (κ1) is 43.2. The molecule has 246 valence electrons. The summed E-state index contributed by atoms with van der Waals surface area (Å²) in [6.07, 6.45) is 20.9. The number of hydrogen-bond acceptors (Lipinski definition) is 1. The van der Waals surface area contributed by atoms with Gasteiger partial charge in [0.05, 0.1) is 0 Å². The minimum absolute atomic E-state index is 0.418. The van der Waals surface area contributed by atoms with Crippen LogP contribution < -0.4 is 0 Å². The lowest BCUT2D eigenvalue weighted by molar-refractivity contribution is -0.0980. The number of carbonyl (C=O) groups is 1. The highest BCUT2D eigenvalue weighted by Crippen LogP contribution is 2.37. The van der Waals surface area contributed by atoms with Crippen LogP contribution in [0.4, 0.5) is 0 Å². The van der Waals surface area contributed by atoms with Crippen LogP contribution in [0.3, 0.4) is 0 Å². The van der Waals surface area contributed by atoms with Gasteiger partial charge in [0.2, 0.25) is 0 Å². The van der Waals surface area contributed by atoms with Gasteiger partial charge in [-0.2, -0.15) is 0 Å². The van der Waals surface area contributed by atoms with E-state index in [1.165, 1.54) is 71.9 Å². The predicted molar refractivity (Wildman–Crippen MR) is 202 cm³/mol. The maximum atomic E-state index is 8.00. The van der Waals surface area contributed by atoms with Crippen LogP contribution in [0.2, 0.25) is 0 Å². The van der Waals surface area contributed by atoms with Crippen molar-refractivity contribution in [3.63, 3.8) is 0 Å². The number of hydrogen-bond donors (Lipinski definition) is 0. The van der Waals surface area contributed by atoms with Gasteiger partial charge < -0.3 is 4.79 Å². The molecule has 1 fully saturated rings. The zero-order valence-corrected chi connectivity index (χ0v) is 30.4. The van der Waals surface area contributed by atoms with Crippen LogP contribution in [-0.2, 0) is 17.6 Å². The van der Waals surface area contributed by atoms with Crippen LogP contribution in [0, 0.1) is 24.7 Å². The summed E-state index contributed by atoms with van der Waals surface area (Å²) in [5.74, 6) is 2.84. The van der Waals surface area contributed by atoms with Crippen molar-refractivity contribution < 1.29 is 4.79 Å². The number of allylic oxidation sites excluding steroid dienone is 5. The molecule has 1 heteroatoms. The van der Waals surface area contributed by atoms with Crippen molar-refractivity contribution in [2.75, 3.05) is 0 Å². The summed E-state index contributed by atoms with van der Waals surface area (Å²) in [6.45, 7) is 32.0. The van der Waals surface area contributed by atoms with Crippen LogP contribution in [-0.4, -0.2) is 6.79 Å². The van der Waals surface area contributed by atoms with Crippen molar-refractivity contribution in [3.05, 3.63) is 113 Å². The molecule has 0 bridgehead atoms. The Kier molecular flexibility index (Phi) is 27.1. The maximum Gasteiger partial charge on any atom is 0.106 e. The quantitative estimate of drug-likeness (QED) is 0.207. The molecule has 1 aliphatic rings. The normalized spacial score (nSPS) is 16.2. The highest BCUT2D eigenvalue weighted by atomic mass is 16.1. The fourth-order valence-electron chi connectivity index (χ4n) is 5.25. The Morgan fingerprint density at radius 3 is 2.07 bits per heavy atom. The molecular formula is C43H68O. The van der Waals surface area contributed by atoms with E-state index in [-0.39, 0.29) is 0 Å². The van der Waals surface area contributed by atoms with Gasteiger partial charge in [-0.3, -0.25) is 0 Å². The topological polar surface area (TPSA) is 17.1 Å². The minimum atomic E-state index is 0.418. The number of aryl methyl sites for hydroxylation is 2. The summed E-state index contributed by atoms with van der Waals surface area (Å²) in [6, 6.07) is 15.4. The molecule has 3 unspecified atom stereocenters. The fraction of sp³-hybridized carbons (Fsp3) is 0.512. The SMILES string of the molecule is C=C(/C=C\Cc1cccc(CC)c1)C1CCCC(C(C)C)C1.C=CC(C)c1cccc(C)c1/C=C\C.C=O.CCC.CCC. The van der Waals surface area contributed by atoms with Gasteiger partial charge in [-0.15, -0.1) is 6.58 Å². The second kappa shape index (κ2) is 27.6. The molecule has 3 atom stereocenters. The number of benzene rings is 2. The van der Waals surface area contributed by atoms with Crippen molar-refractivity contribution in [3.8, 4) is 0 Å². The first-order valence-electron chi connectivity index (χ1n) is 17.2. The van der Waals surface area contributed by atoms with Crippen molar-refractivity contribution in [2.45, 2.75) is 127 Å².